The summed E-state index contributed by atoms with van der Waals surface area (Å²) in [4.78, 5) is 26.8. The summed E-state index contributed by atoms with van der Waals surface area (Å²) in [5.41, 5.74) is 3.56. The van der Waals surface area contributed by atoms with Crippen molar-refractivity contribution in [3.8, 4) is 5.75 Å². The lowest BCUT2D eigenvalue weighted by atomic mass is 10.1. The molecule has 0 saturated carbocycles. The van der Waals surface area contributed by atoms with Crippen molar-refractivity contribution < 1.29 is 18.7 Å². The second-order valence-electron chi connectivity index (χ2n) is 6.56. The average molecular weight is 376 g/mol. The third-order valence-electron chi connectivity index (χ3n) is 4.83. The molecule has 4 rings (SSSR count). The number of ether oxygens (including phenoxy) is 1. The van der Waals surface area contributed by atoms with Crippen molar-refractivity contribution in [2.45, 2.75) is 13.0 Å². The van der Waals surface area contributed by atoms with E-state index in [1.807, 2.05) is 18.2 Å². The lowest BCUT2D eigenvalue weighted by Crippen LogP contribution is -2.29. The van der Waals surface area contributed by atoms with E-state index in [1.54, 1.807) is 48.4 Å². The minimum atomic E-state index is -0.267. The molecule has 2 amide bonds. The number of rotatable bonds is 5. The molecule has 28 heavy (non-hydrogen) atoms. The number of hydrogen-bond acceptors (Lipinski definition) is 4. The predicted molar refractivity (Wildman–Crippen MR) is 105 cm³/mol. The van der Waals surface area contributed by atoms with Crippen LogP contribution in [0.4, 0.5) is 5.69 Å². The van der Waals surface area contributed by atoms with Crippen molar-refractivity contribution in [1.82, 2.24) is 5.32 Å². The summed E-state index contributed by atoms with van der Waals surface area (Å²) in [5, 5.41) is 2.83. The van der Waals surface area contributed by atoms with Crippen LogP contribution in [0.15, 0.2) is 65.3 Å². The summed E-state index contributed by atoms with van der Waals surface area (Å²) in [7, 11) is 1.60. The Bertz CT molecular complexity index is 994. The number of nitrogens with zero attached hydrogens (tertiary/aromatic N) is 1. The molecular formula is C22H20N2O4. The number of furan rings is 1. The fraction of sp³-hybridized carbons (Fsp3) is 0.182. The monoisotopic (exact) mass is 376 g/mol. The van der Waals surface area contributed by atoms with E-state index in [-0.39, 0.29) is 17.6 Å². The molecule has 2 heterocycles. The molecule has 6 nitrogen and oxygen atoms in total. The van der Waals surface area contributed by atoms with Crippen LogP contribution >= 0.6 is 0 Å². The van der Waals surface area contributed by atoms with Gasteiger partial charge in [0.15, 0.2) is 5.76 Å². The number of carbonyl (C=O) groups excluding carboxylic acids is 2. The smallest absolute Gasteiger partial charge is 0.287 e. The fourth-order valence-corrected chi connectivity index (χ4v) is 3.31. The molecule has 1 aliphatic rings. The predicted octanol–water partition coefficient (Wildman–Crippen LogP) is 3.42. The van der Waals surface area contributed by atoms with Crippen molar-refractivity contribution in [1.29, 1.82) is 0 Å². The maximum absolute atomic E-state index is 12.9. The van der Waals surface area contributed by atoms with Crippen LogP contribution in [0.5, 0.6) is 5.75 Å². The molecule has 0 atom stereocenters. The van der Waals surface area contributed by atoms with Crippen molar-refractivity contribution in [3.05, 3.63) is 83.3 Å². The summed E-state index contributed by atoms with van der Waals surface area (Å²) in [6, 6.07) is 16.4. The maximum atomic E-state index is 12.9. The van der Waals surface area contributed by atoms with E-state index in [0.29, 0.717) is 24.4 Å². The highest BCUT2D eigenvalue weighted by Crippen LogP contribution is 2.30. The largest absolute Gasteiger partial charge is 0.497 e. The third-order valence-corrected chi connectivity index (χ3v) is 4.83. The van der Waals surface area contributed by atoms with Gasteiger partial charge in [-0.25, -0.2) is 0 Å². The molecule has 2 aromatic carbocycles. The number of fused-ring (bicyclic) bond motifs is 1. The average Bonchev–Trinajstić information content (AvgIpc) is 3.41. The lowest BCUT2D eigenvalue weighted by molar-refractivity contribution is 0.0922. The number of anilines is 1. The maximum Gasteiger partial charge on any atom is 0.287 e. The minimum absolute atomic E-state index is 0.0434. The van der Waals surface area contributed by atoms with Gasteiger partial charge in [0, 0.05) is 24.3 Å². The van der Waals surface area contributed by atoms with Gasteiger partial charge in [-0.05, 0) is 60.0 Å². The van der Waals surface area contributed by atoms with Crippen molar-refractivity contribution in [2.75, 3.05) is 18.6 Å². The Morgan fingerprint density at radius 3 is 2.68 bits per heavy atom. The summed E-state index contributed by atoms with van der Waals surface area (Å²) in [6.45, 7) is 1.000. The highest BCUT2D eigenvalue weighted by molar-refractivity contribution is 6.07. The van der Waals surface area contributed by atoms with Gasteiger partial charge in [0.25, 0.3) is 11.8 Å². The molecule has 0 spiro atoms. The minimum Gasteiger partial charge on any atom is -0.497 e. The van der Waals surface area contributed by atoms with Gasteiger partial charge in [-0.1, -0.05) is 12.1 Å². The molecule has 0 radical (unpaired) electrons. The van der Waals surface area contributed by atoms with E-state index < -0.39 is 0 Å². The number of carbonyl (C=O) groups is 2. The molecule has 0 bridgehead atoms. The first kappa shape index (κ1) is 17.9. The summed E-state index contributed by atoms with van der Waals surface area (Å²) >= 11 is 0. The lowest BCUT2D eigenvalue weighted by Gasteiger charge is -2.18. The second-order valence-corrected chi connectivity index (χ2v) is 6.56. The van der Waals surface area contributed by atoms with Gasteiger partial charge in [-0.3, -0.25) is 9.59 Å². The third kappa shape index (κ3) is 3.49. The Hall–Kier alpha value is -3.54. The van der Waals surface area contributed by atoms with E-state index in [9.17, 15) is 9.59 Å². The quantitative estimate of drug-likeness (QED) is 0.741. The molecule has 1 aliphatic heterocycles. The molecule has 3 aromatic rings. The number of methoxy groups -OCH3 is 1. The molecule has 0 aliphatic carbocycles. The zero-order chi connectivity index (χ0) is 19.5. The number of amides is 2. The van der Waals surface area contributed by atoms with Crippen LogP contribution in [0.1, 0.15) is 32.0 Å². The molecule has 0 unspecified atom stereocenters. The summed E-state index contributed by atoms with van der Waals surface area (Å²) in [5.74, 6) is 0.681. The van der Waals surface area contributed by atoms with Gasteiger partial charge in [0.2, 0.25) is 0 Å². The molecular weight excluding hydrogens is 356 g/mol. The first-order valence-electron chi connectivity index (χ1n) is 9.05. The van der Waals surface area contributed by atoms with Gasteiger partial charge in [0.1, 0.15) is 5.75 Å². The van der Waals surface area contributed by atoms with Crippen LogP contribution in [-0.2, 0) is 13.0 Å². The van der Waals surface area contributed by atoms with Crippen LogP contribution in [0.3, 0.4) is 0 Å². The zero-order valence-corrected chi connectivity index (χ0v) is 15.5. The van der Waals surface area contributed by atoms with Gasteiger partial charge >= 0.3 is 0 Å². The van der Waals surface area contributed by atoms with E-state index in [0.717, 1.165) is 23.2 Å². The number of nitrogens with one attached hydrogen (secondary N) is 1. The van der Waals surface area contributed by atoms with Crippen LogP contribution in [-0.4, -0.2) is 25.5 Å². The van der Waals surface area contributed by atoms with Crippen molar-refractivity contribution in [2.24, 2.45) is 0 Å². The van der Waals surface area contributed by atoms with E-state index in [2.05, 4.69) is 5.32 Å². The van der Waals surface area contributed by atoms with Crippen LogP contribution in [0, 0.1) is 0 Å². The molecule has 1 aromatic heterocycles. The first-order valence-corrected chi connectivity index (χ1v) is 9.05. The van der Waals surface area contributed by atoms with Gasteiger partial charge in [-0.2, -0.15) is 0 Å². The van der Waals surface area contributed by atoms with Gasteiger partial charge in [-0.15, -0.1) is 0 Å². The van der Waals surface area contributed by atoms with Gasteiger partial charge < -0.3 is 19.4 Å². The van der Waals surface area contributed by atoms with E-state index in [4.69, 9.17) is 9.15 Å². The summed E-state index contributed by atoms with van der Waals surface area (Å²) in [6.07, 6.45) is 2.28. The molecule has 6 heteroatoms. The molecule has 142 valence electrons. The van der Waals surface area contributed by atoms with Crippen molar-refractivity contribution >= 4 is 17.5 Å². The second kappa shape index (κ2) is 7.60. The highest BCUT2D eigenvalue weighted by Gasteiger charge is 2.26. The number of benzene rings is 2. The van der Waals surface area contributed by atoms with Crippen molar-refractivity contribution in [3.63, 3.8) is 0 Å². The topological polar surface area (TPSA) is 71.8 Å². The molecule has 0 fully saturated rings. The zero-order valence-electron chi connectivity index (χ0n) is 15.5. The standard InChI is InChI=1S/C22H20N2O4/c1-27-18-8-6-17(7-9-18)22(26)24-11-10-16-5-4-15(13-19(16)24)14-23-21(25)20-3-2-12-28-20/h2-9,12-13H,10-11,14H2,1H3,(H,23,25). The molecule has 1 N–H and O–H groups in total. The van der Waals surface area contributed by atoms with E-state index in [1.165, 1.54) is 6.26 Å². The normalized spacial score (nSPS) is 12.5. The highest BCUT2D eigenvalue weighted by atomic mass is 16.5. The Balaban J connectivity index is 1.49. The fourth-order valence-electron chi connectivity index (χ4n) is 3.31. The number of hydrogen-bond donors (Lipinski definition) is 1. The SMILES string of the molecule is COc1ccc(C(=O)N2CCc3ccc(CNC(=O)c4ccco4)cc32)cc1. The van der Waals surface area contributed by atoms with Gasteiger partial charge in [0.05, 0.1) is 13.4 Å². The van der Waals surface area contributed by atoms with Crippen LogP contribution in [0.2, 0.25) is 0 Å². The van der Waals surface area contributed by atoms with Crippen LogP contribution < -0.4 is 15.0 Å². The Morgan fingerprint density at radius 2 is 1.96 bits per heavy atom. The Kier molecular flexibility index (Phi) is 4.85. The summed E-state index contributed by atoms with van der Waals surface area (Å²) < 4.78 is 10.3. The Labute approximate surface area is 162 Å². The molecule has 0 saturated heterocycles. The van der Waals surface area contributed by atoms with Crippen LogP contribution in [0.25, 0.3) is 0 Å². The Morgan fingerprint density at radius 1 is 1.14 bits per heavy atom. The van der Waals surface area contributed by atoms with E-state index >= 15 is 0 Å². The first-order chi connectivity index (χ1) is 13.7.